The standard InChI is InChI=1S/C16H30N2O2/c1-12(2)9-17-14-7-13(8-16(19)20-3)10-18(11-14)15-5-4-6-15/h12-15,17H,4-11H2,1-3H3. The number of nitrogens with one attached hydrogen (secondary N) is 1. The van der Waals surface area contributed by atoms with Crippen LogP contribution in [0.4, 0.5) is 0 Å². The summed E-state index contributed by atoms with van der Waals surface area (Å²) in [7, 11) is 1.49. The zero-order chi connectivity index (χ0) is 14.5. The van der Waals surface area contributed by atoms with Crippen molar-refractivity contribution in [3.63, 3.8) is 0 Å². The van der Waals surface area contributed by atoms with E-state index in [1.807, 2.05) is 0 Å². The summed E-state index contributed by atoms with van der Waals surface area (Å²) in [6.45, 7) is 7.76. The van der Waals surface area contributed by atoms with Crippen LogP contribution in [0.15, 0.2) is 0 Å². The number of nitrogens with zero attached hydrogens (tertiary/aromatic N) is 1. The first-order chi connectivity index (χ1) is 9.58. The number of hydrogen-bond acceptors (Lipinski definition) is 4. The Morgan fingerprint density at radius 2 is 2.10 bits per heavy atom. The van der Waals surface area contributed by atoms with Gasteiger partial charge in [0, 0.05) is 31.6 Å². The third-order valence-corrected chi connectivity index (χ3v) is 4.65. The average Bonchev–Trinajstić information content (AvgIpc) is 2.34. The van der Waals surface area contributed by atoms with Crippen molar-refractivity contribution in [2.24, 2.45) is 11.8 Å². The fraction of sp³-hybridized carbons (Fsp3) is 0.938. The molecule has 0 aromatic heterocycles. The fourth-order valence-corrected chi connectivity index (χ4v) is 3.31. The van der Waals surface area contributed by atoms with Crippen molar-refractivity contribution in [1.29, 1.82) is 0 Å². The minimum Gasteiger partial charge on any atom is -0.469 e. The molecule has 20 heavy (non-hydrogen) atoms. The molecule has 2 aliphatic rings. The summed E-state index contributed by atoms with van der Waals surface area (Å²) < 4.78 is 4.84. The summed E-state index contributed by atoms with van der Waals surface area (Å²) in [6.07, 6.45) is 5.71. The Bertz CT molecular complexity index is 316. The van der Waals surface area contributed by atoms with Gasteiger partial charge in [0.15, 0.2) is 0 Å². The number of rotatable bonds is 6. The van der Waals surface area contributed by atoms with Crippen molar-refractivity contribution in [1.82, 2.24) is 10.2 Å². The number of hydrogen-bond donors (Lipinski definition) is 1. The van der Waals surface area contributed by atoms with E-state index in [1.165, 1.54) is 26.4 Å². The Kier molecular flexibility index (Phi) is 5.85. The molecule has 0 aromatic carbocycles. The summed E-state index contributed by atoms with van der Waals surface area (Å²) in [5.41, 5.74) is 0. The lowest BCUT2D eigenvalue weighted by molar-refractivity contribution is -0.142. The predicted octanol–water partition coefficient (Wildman–Crippen LogP) is 2.04. The largest absolute Gasteiger partial charge is 0.469 e. The van der Waals surface area contributed by atoms with Crippen LogP contribution in [-0.2, 0) is 9.53 Å². The average molecular weight is 282 g/mol. The highest BCUT2D eigenvalue weighted by Crippen LogP contribution is 2.30. The van der Waals surface area contributed by atoms with Crippen LogP contribution in [0, 0.1) is 11.8 Å². The molecule has 0 amide bonds. The Balaban J connectivity index is 1.89. The van der Waals surface area contributed by atoms with E-state index in [1.54, 1.807) is 0 Å². The molecule has 1 saturated heterocycles. The second-order valence-corrected chi connectivity index (χ2v) is 6.92. The third-order valence-electron chi connectivity index (χ3n) is 4.65. The molecule has 2 atom stereocenters. The summed E-state index contributed by atoms with van der Waals surface area (Å²) in [5.74, 6) is 1.06. The third kappa shape index (κ3) is 4.45. The molecule has 4 heteroatoms. The first kappa shape index (κ1) is 15.8. The number of ether oxygens (including phenoxy) is 1. The van der Waals surface area contributed by atoms with Crippen LogP contribution in [0.1, 0.15) is 46.0 Å². The smallest absolute Gasteiger partial charge is 0.305 e. The van der Waals surface area contributed by atoms with Gasteiger partial charge < -0.3 is 10.1 Å². The lowest BCUT2D eigenvalue weighted by atomic mass is 9.85. The molecular weight excluding hydrogens is 252 g/mol. The van der Waals surface area contributed by atoms with Crippen molar-refractivity contribution in [3.8, 4) is 0 Å². The maximum Gasteiger partial charge on any atom is 0.305 e. The molecule has 0 bridgehead atoms. The maximum absolute atomic E-state index is 11.6. The Hall–Kier alpha value is -0.610. The van der Waals surface area contributed by atoms with Gasteiger partial charge in [0.1, 0.15) is 0 Å². The fourth-order valence-electron chi connectivity index (χ4n) is 3.31. The molecule has 1 aliphatic carbocycles. The number of likely N-dealkylation sites (tertiary alicyclic amines) is 1. The summed E-state index contributed by atoms with van der Waals surface area (Å²) in [4.78, 5) is 14.2. The van der Waals surface area contributed by atoms with Gasteiger partial charge in [0.25, 0.3) is 0 Å². The van der Waals surface area contributed by atoms with Crippen molar-refractivity contribution in [3.05, 3.63) is 0 Å². The van der Waals surface area contributed by atoms with E-state index in [2.05, 4.69) is 24.1 Å². The number of esters is 1. The Morgan fingerprint density at radius 1 is 1.35 bits per heavy atom. The van der Waals surface area contributed by atoms with E-state index in [4.69, 9.17) is 4.74 Å². The molecule has 0 aromatic rings. The van der Waals surface area contributed by atoms with E-state index in [9.17, 15) is 4.79 Å². The molecule has 116 valence electrons. The van der Waals surface area contributed by atoms with Gasteiger partial charge >= 0.3 is 5.97 Å². The lowest BCUT2D eigenvalue weighted by Crippen LogP contribution is -2.55. The zero-order valence-corrected chi connectivity index (χ0v) is 13.2. The first-order valence-corrected chi connectivity index (χ1v) is 8.12. The highest BCUT2D eigenvalue weighted by atomic mass is 16.5. The van der Waals surface area contributed by atoms with Gasteiger partial charge in [-0.05, 0) is 37.6 Å². The molecular formula is C16H30N2O2. The normalized spacial score (nSPS) is 28.4. The highest BCUT2D eigenvalue weighted by molar-refractivity contribution is 5.69. The second kappa shape index (κ2) is 7.41. The van der Waals surface area contributed by atoms with Gasteiger partial charge in [-0.25, -0.2) is 0 Å². The minimum atomic E-state index is -0.0620. The van der Waals surface area contributed by atoms with Crippen LogP contribution >= 0.6 is 0 Å². The van der Waals surface area contributed by atoms with E-state index >= 15 is 0 Å². The molecule has 1 N–H and O–H groups in total. The monoisotopic (exact) mass is 282 g/mol. The number of carbonyl (C=O) groups excluding carboxylic acids is 1. The van der Waals surface area contributed by atoms with Crippen LogP contribution in [-0.4, -0.2) is 49.7 Å². The second-order valence-electron chi connectivity index (χ2n) is 6.92. The van der Waals surface area contributed by atoms with Crippen molar-refractivity contribution in [2.45, 2.75) is 58.0 Å². The SMILES string of the molecule is COC(=O)CC1CC(NCC(C)C)CN(C2CCC2)C1. The van der Waals surface area contributed by atoms with Gasteiger partial charge in [-0.15, -0.1) is 0 Å². The van der Waals surface area contributed by atoms with Crippen LogP contribution in [0.5, 0.6) is 0 Å². The lowest BCUT2D eigenvalue weighted by Gasteiger charge is -2.45. The molecule has 2 unspecified atom stereocenters. The van der Waals surface area contributed by atoms with Crippen LogP contribution < -0.4 is 5.32 Å². The Labute approximate surface area is 123 Å². The predicted molar refractivity (Wildman–Crippen MR) is 80.6 cm³/mol. The van der Waals surface area contributed by atoms with Gasteiger partial charge in [-0.1, -0.05) is 20.3 Å². The maximum atomic E-state index is 11.6. The topological polar surface area (TPSA) is 41.6 Å². The van der Waals surface area contributed by atoms with Gasteiger partial charge in [0.05, 0.1) is 7.11 Å². The zero-order valence-electron chi connectivity index (χ0n) is 13.2. The first-order valence-electron chi connectivity index (χ1n) is 8.12. The summed E-state index contributed by atoms with van der Waals surface area (Å²) >= 11 is 0. The number of carbonyl (C=O) groups is 1. The molecule has 1 heterocycles. The van der Waals surface area contributed by atoms with Crippen molar-refractivity contribution >= 4 is 5.97 Å². The van der Waals surface area contributed by atoms with Crippen LogP contribution in [0.25, 0.3) is 0 Å². The van der Waals surface area contributed by atoms with Crippen molar-refractivity contribution < 1.29 is 9.53 Å². The number of piperidine rings is 1. The molecule has 1 saturated carbocycles. The van der Waals surface area contributed by atoms with E-state index < -0.39 is 0 Å². The molecule has 0 radical (unpaired) electrons. The highest BCUT2D eigenvalue weighted by Gasteiger charge is 2.34. The molecule has 1 aliphatic heterocycles. The van der Waals surface area contributed by atoms with Crippen LogP contribution in [0.3, 0.4) is 0 Å². The van der Waals surface area contributed by atoms with E-state index in [0.717, 1.165) is 32.1 Å². The number of methoxy groups -OCH3 is 1. The van der Waals surface area contributed by atoms with Crippen LogP contribution in [0.2, 0.25) is 0 Å². The van der Waals surface area contributed by atoms with Crippen molar-refractivity contribution in [2.75, 3.05) is 26.7 Å². The van der Waals surface area contributed by atoms with Gasteiger partial charge in [0.2, 0.25) is 0 Å². The summed E-state index contributed by atoms with van der Waals surface area (Å²) in [5, 5.41) is 3.68. The molecule has 2 rings (SSSR count). The summed E-state index contributed by atoms with van der Waals surface area (Å²) in [6, 6.07) is 1.29. The van der Waals surface area contributed by atoms with E-state index in [0.29, 0.717) is 24.3 Å². The van der Waals surface area contributed by atoms with Gasteiger partial charge in [-0.2, -0.15) is 0 Å². The quantitative estimate of drug-likeness (QED) is 0.757. The molecule has 4 nitrogen and oxygen atoms in total. The molecule has 2 fully saturated rings. The van der Waals surface area contributed by atoms with Gasteiger partial charge in [-0.3, -0.25) is 9.69 Å². The Morgan fingerprint density at radius 3 is 2.65 bits per heavy atom. The minimum absolute atomic E-state index is 0.0620. The van der Waals surface area contributed by atoms with E-state index in [-0.39, 0.29) is 5.97 Å². The molecule has 0 spiro atoms.